The molecule has 0 atom stereocenters. The Hall–Kier alpha value is -1.55. The fourth-order valence-corrected chi connectivity index (χ4v) is 1.69. The van der Waals surface area contributed by atoms with Gasteiger partial charge in [0.25, 0.3) is 0 Å². The Morgan fingerprint density at radius 3 is 2.50 bits per heavy atom. The van der Waals surface area contributed by atoms with Crippen molar-refractivity contribution in [3.05, 3.63) is 24.3 Å². The van der Waals surface area contributed by atoms with Crippen molar-refractivity contribution in [2.45, 2.75) is 52.7 Å². The van der Waals surface area contributed by atoms with Gasteiger partial charge in [0.05, 0.1) is 11.8 Å². The van der Waals surface area contributed by atoms with E-state index >= 15 is 0 Å². The van der Waals surface area contributed by atoms with Gasteiger partial charge in [-0.15, -0.1) is 0 Å². The standard InChI is InChI=1S/C16H26N2O2/c1-12(2)20-14-9-7-6-8-13(14)18-15(19)10-11-17-16(3,4)5/h6-9,12,17H,10-11H2,1-5H3,(H,18,19). The minimum Gasteiger partial charge on any atom is -0.489 e. The van der Waals surface area contributed by atoms with Crippen LogP contribution in [0, 0.1) is 0 Å². The van der Waals surface area contributed by atoms with Crippen molar-refractivity contribution in [1.82, 2.24) is 5.32 Å². The summed E-state index contributed by atoms with van der Waals surface area (Å²) in [6.45, 7) is 10.8. The number of para-hydroxylation sites is 2. The normalized spacial score (nSPS) is 11.5. The Labute approximate surface area is 121 Å². The Balaban J connectivity index is 2.53. The first kappa shape index (κ1) is 16.5. The fourth-order valence-electron chi connectivity index (χ4n) is 1.69. The van der Waals surface area contributed by atoms with Crippen LogP contribution in [0.3, 0.4) is 0 Å². The van der Waals surface area contributed by atoms with Gasteiger partial charge in [-0.1, -0.05) is 12.1 Å². The average Bonchev–Trinajstić information content (AvgIpc) is 2.29. The lowest BCUT2D eigenvalue weighted by Gasteiger charge is -2.20. The number of carbonyl (C=O) groups is 1. The minimum absolute atomic E-state index is 0.0124. The average molecular weight is 278 g/mol. The van der Waals surface area contributed by atoms with Crippen LogP contribution < -0.4 is 15.4 Å². The van der Waals surface area contributed by atoms with E-state index in [2.05, 4.69) is 31.4 Å². The molecule has 0 saturated carbocycles. The molecule has 0 spiro atoms. The molecule has 1 aromatic rings. The molecule has 1 aromatic carbocycles. The number of carbonyl (C=O) groups excluding carboxylic acids is 1. The lowest BCUT2D eigenvalue weighted by atomic mass is 10.1. The summed E-state index contributed by atoms with van der Waals surface area (Å²) in [5, 5.41) is 6.19. The molecule has 112 valence electrons. The molecule has 20 heavy (non-hydrogen) atoms. The van der Waals surface area contributed by atoms with Crippen LogP contribution in [0.4, 0.5) is 5.69 Å². The first-order valence-corrected chi connectivity index (χ1v) is 7.08. The van der Waals surface area contributed by atoms with Gasteiger partial charge in [0.1, 0.15) is 5.75 Å². The van der Waals surface area contributed by atoms with E-state index in [-0.39, 0.29) is 17.6 Å². The Morgan fingerprint density at radius 2 is 1.90 bits per heavy atom. The van der Waals surface area contributed by atoms with Crippen molar-refractivity contribution < 1.29 is 9.53 Å². The Bertz CT molecular complexity index is 436. The summed E-state index contributed by atoms with van der Waals surface area (Å²) in [6.07, 6.45) is 0.517. The van der Waals surface area contributed by atoms with E-state index in [1.54, 1.807) is 0 Å². The first-order chi connectivity index (χ1) is 9.28. The van der Waals surface area contributed by atoms with Crippen LogP contribution in [0.2, 0.25) is 0 Å². The Morgan fingerprint density at radius 1 is 1.25 bits per heavy atom. The molecular weight excluding hydrogens is 252 g/mol. The molecule has 4 heteroatoms. The molecule has 4 nitrogen and oxygen atoms in total. The molecule has 0 bridgehead atoms. The van der Waals surface area contributed by atoms with Crippen molar-refractivity contribution in [2.24, 2.45) is 0 Å². The van der Waals surface area contributed by atoms with Crippen molar-refractivity contribution in [1.29, 1.82) is 0 Å². The molecule has 0 heterocycles. The highest BCUT2D eigenvalue weighted by Crippen LogP contribution is 2.24. The SMILES string of the molecule is CC(C)Oc1ccccc1NC(=O)CCNC(C)(C)C. The number of hydrogen-bond donors (Lipinski definition) is 2. The molecule has 0 unspecified atom stereocenters. The van der Waals surface area contributed by atoms with Crippen LogP contribution >= 0.6 is 0 Å². The monoisotopic (exact) mass is 278 g/mol. The highest BCUT2D eigenvalue weighted by atomic mass is 16.5. The molecule has 0 aliphatic rings. The number of nitrogens with one attached hydrogen (secondary N) is 2. The summed E-state index contributed by atoms with van der Waals surface area (Å²) in [5.74, 6) is 0.696. The number of amides is 1. The zero-order valence-electron chi connectivity index (χ0n) is 13.1. The second-order valence-electron chi connectivity index (χ2n) is 6.14. The van der Waals surface area contributed by atoms with Crippen LogP contribution in [0.25, 0.3) is 0 Å². The number of rotatable bonds is 6. The van der Waals surface area contributed by atoms with Gasteiger partial charge >= 0.3 is 0 Å². The smallest absolute Gasteiger partial charge is 0.225 e. The molecule has 2 N–H and O–H groups in total. The molecular formula is C16H26N2O2. The maximum absolute atomic E-state index is 11.9. The maximum Gasteiger partial charge on any atom is 0.225 e. The van der Waals surface area contributed by atoms with Gasteiger partial charge in [0.15, 0.2) is 0 Å². The lowest BCUT2D eigenvalue weighted by molar-refractivity contribution is -0.116. The second-order valence-corrected chi connectivity index (χ2v) is 6.14. The second kappa shape index (κ2) is 7.29. The number of anilines is 1. The largest absolute Gasteiger partial charge is 0.489 e. The molecule has 1 amide bonds. The minimum atomic E-state index is -0.0124. The highest BCUT2D eigenvalue weighted by Gasteiger charge is 2.11. The first-order valence-electron chi connectivity index (χ1n) is 7.08. The topological polar surface area (TPSA) is 50.4 Å². The number of ether oxygens (including phenoxy) is 1. The quantitative estimate of drug-likeness (QED) is 0.840. The van der Waals surface area contributed by atoms with Gasteiger partial charge in [-0.05, 0) is 46.8 Å². The van der Waals surface area contributed by atoms with E-state index in [4.69, 9.17) is 4.74 Å². The molecule has 0 aliphatic carbocycles. The van der Waals surface area contributed by atoms with Crippen molar-refractivity contribution >= 4 is 11.6 Å². The van der Waals surface area contributed by atoms with Gasteiger partial charge in [-0.3, -0.25) is 4.79 Å². The summed E-state index contributed by atoms with van der Waals surface area (Å²) >= 11 is 0. The number of hydrogen-bond acceptors (Lipinski definition) is 3. The van der Waals surface area contributed by atoms with E-state index in [0.717, 1.165) is 5.69 Å². The van der Waals surface area contributed by atoms with E-state index in [1.165, 1.54) is 0 Å². The van der Waals surface area contributed by atoms with Crippen molar-refractivity contribution in [3.8, 4) is 5.75 Å². The van der Waals surface area contributed by atoms with Crippen LogP contribution in [0.5, 0.6) is 5.75 Å². The summed E-state index contributed by atoms with van der Waals surface area (Å²) < 4.78 is 5.67. The maximum atomic E-state index is 11.9. The summed E-state index contributed by atoms with van der Waals surface area (Å²) in [7, 11) is 0. The summed E-state index contributed by atoms with van der Waals surface area (Å²) in [5.41, 5.74) is 0.751. The van der Waals surface area contributed by atoms with Crippen LogP contribution in [0.15, 0.2) is 24.3 Å². The zero-order valence-corrected chi connectivity index (χ0v) is 13.1. The predicted molar refractivity (Wildman–Crippen MR) is 83.2 cm³/mol. The molecule has 0 aliphatic heterocycles. The third-order valence-electron chi connectivity index (χ3n) is 2.53. The lowest BCUT2D eigenvalue weighted by Crippen LogP contribution is -2.37. The van der Waals surface area contributed by atoms with E-state index in [0.29, 0.717) is 18.7 Å². The van der Waals surface area contributed by atoms with E-state index < -0.39 is 0 Å². The van der Waals surface area contributed by atoms with Crippen molar-refractivity contribution in [3.63, 3.8) is 0 Å². The molecule has 0 radical (unpaired) electrons. The van der Waals surface area contributed by atoms with Gasteiger partial charge in [0.2, 0.25) is 5.91 Å². The third-order valence-corrected chi connectivity index (χ3v) is 2.53. The summed E-state index contributed by atoms with van der Waals surface area (Å²) in [6, 6.07) is 7.50. The van der Waals surface area contributed by atoms with Gasteiger partial charge in [-0.25, -0.2) is 0 Å². The zero-order chi connectivity index (χ0) is 15.2. The van der Waals surface area contributed by atoms with Crippen LogP contribution in [0.1, 0.15) is 41.0 Å². The Kier molecular flexibility index (Phi) is 6.02. The van der Waals surface area contributed by atoms with Crippen LogP contribution in [-0.2, 0) is 4.79 Å². The molecule has 1 rings (SSSR count). The highest BCUT2D eigenvalue weighted by molar-refractivity contribution is 5.92. The van der Waals surface area contributed by atoms with Gasteiger partial charge in [0, 0.05) is 18.5 Å². The molecule has 0 saturated heterocycles. The molecule has 0 aromatic heterocycles. The van der Waals surface area contributed by atoms with Gasteiger partial charge < -0.3 is 15.4 Å². The van der Waals surface area contributed by atoms with Gasteiger partial charge in [-0.2, -0.15) is 0 Å². The number of benzene rings is 1. The van der Waals surface area contributed by atoms with E-state index in [9.17, 15) is 4.79 Å². The van der Waals surface area contributed by atoms with Crippen molar-refractivity contribution in [2.75, 3.05) is 11.9 Å². The van der Waals surface area contributed by atoms with Crippen LogP contribution in [-0.4, -0.2) is 24.1 Å². The van der Waals surface area contributed by atoms with E-state index in [1.807, 2.05) is 38.1 Å². The third kappa shape index (κ3) is 6.57. The predicted octanol–water partition coefficient (Wildman–Crippen LogP) is 3.19. The summed E-state index contributed by atoms with van der Waals surface area (Å²) in [4.78, 5) is 11.9. The molecule has 0 fully saturated rings. The fraction of sp³-hybridized carbons (Fsp3) is 0.562.